The van der Waals surface area contributed by atoms with E-state index in [1.54, 1.807) is 10.9 Å². The summed E-state index contributed by atoms with van der Waals surface area (Å²) in [6.07, 6.45) is 0.228. The molecule has 244 valence electrons. The first-order chi connectivity index (χ1) is 22.5. The molecule has 0 saturated carbocycles. The van der Waals surface area contributed by atoms with Crippen molar-refractivity contribution in [3.05, 3.63) is 48.0 Å². The van der Waals surface area contributed by atoms with Crippen molar-refractivity contribution in [3.63, 3.8) is 0 Å². The van der Waals surface area contributed by atoms with Gasteiger partial charge in [0.2, 0.25) is 11.8 Å². The van der Waals surface area contributed by atoms with E-state index in [0.717, 1.165) is 38.9 Å². The van der Waals surface area contributed by atoms with E-state index in [0.29, 0.717) is 35.9 Å². The molecule has 0 aliphatic carbocycles. The second kappa shape index (κ2) is 14.2. The van der Waals surface area contributed by atoms with Crippen LogP contribution < -0.4 is 10.6 Å². The summed E-state index contributed by atoms with van der Waals surface area (Å²) in [5, 5.41) is 19.5. The smallest absolute Gasteiger partial charge is 0.293 e. The van der Waals surface area contributed by atoms with Gasteiger partial charge in [-0.2, -0.15) is 14.8 Å². The minimum atomic E-state index is -1.05. The average molecular weight is 634 g/mol. The number of nitrogens with zero attached hydrogens (tertiary/aromatic N) is 9. The summed E-state index contributed by atoms with van der Waals surface area (Å²) >= 11 is 0. The van der Waals surface area contributed by atoms with Gasteiger partial charge in [-0.1, -0.05) is 44.2 Å². The van der Waals surface area contributed by atoms with Crippen LogP contribution in [-0.2, 0) is 36.9 Å². The number of tetrazole rings is 1. The highest BCUT2D eigenvalue weighted by Gasteiger charge is 2.52. The lowest BCUT2D eigenvalue weighted by Gasteiger charge is -2.22. The Labute approximate surface area is 265 Å². The predicted molar refractivity (Wildman–Crippen MR) is 165 cm³/mol. The molecule has 0 spiro atoms. The molecule has 2 saturated heterocycles. The normalized spacial score (nSPS) is 23.2. The number of carbonyl (C=O) groups is 2. The number of anilines is 2. The molecule has 46 heavy (non-hydrogen) atoms. The van der Waals surface area contributed by atoms with Gasteiger partial charge in [0.15, 0.2) is 41.5 Å². The maximum Gasteiger partial charge on any atom is 0.293 e. The van der Waals surface area contributed by atoms with E-state index < -0.39 is 24.5 Å². The van der Waals surface area contributed by atoms with Crippen LogP contribution in [0.15, 0.2) is 36.7 Å². The largest absolute Gasteiger partial charge is 0.457 e. The Morgan fingerprint density at radius 2 is 1.85 bits per heavy atom. The van der Waals surface area contributed by atoms with Gasteiger partial charge in [0.05, 0.1) is 12.9 Å². The monoisotopic (exact) mass is 633 g/mol. The van der Waals surface area contributed by atoms with Crippen molar-refractivity contribution in [3.8, 4) is 0 Å². The first-order valence-corrected chi connectivity index (χ1v) is 15.7. The summed E-state index contributed by atoms with van der Waals surface area (Å²) in [5.74, 6) is 1.20. The Hall–Kier alpha value is -4.70. The zero-order chi connectivity index (χ0) is 32.0. The van der Waals surface area contributed by atoms with Crippen LogP contribution in [0.5, 0.6) is 0 Å². The maximum absolute atomic E-state index is 11.7. The van der Waals surface area contributed by atoms with Gasteiger partial charge < -0.3 is 24.8 Å². The van der Waals surface area contributed by atoms with Crippen molar-refractivity contribution >= 4 is 35.9 Å². The van der Waals surface area contributed by atoms with Gasteiger partial charge in [0.25, 0.3) is 12.9 Å². The van der Waals surface area contributed by atoms with E-state index in [1.807, 2.05) is 13.0 Å². The van der Waals surface area contributed by atoms with Crippen molar-refractivity contribution in [2.75, 3.05) is 23.7 Å². The summed E-state index contributed by atoms with van der Waals surface area (Å²) in [6, 6.07) is 10.7. The fourth-order valence-corrected chi connectivity index (χ4v) is 6.07. The van der Waals surface area contributed by atoms with Crippen LogP contribution in [0.25, 0.3) is 11.2 Å². The molecule has 1 aromatic carbocycles. The molecular formula is C30H39N11O5. The SMILES string of the molecule is CCC(CC)Nc1nc(NC2CCN(Cc3ccccc3)C2)nc2c1ncn2[C@@H]1O[C@H](c2nnn(CC)n2)[C@H](OC=O)[C@H]1OC=O. The van der Waals surface area contributed by atoms with Gasteiger partial charge in [0.1, 0.15) is 0 Å². The predicted octanol–water partition coefficient (Wildman–Crippen LogP) is 2.47. The number of rotatable bonds is 15. The number of carbonyl (C=O) groups excluding carboxylic acids is 2. The van der Waals surface area contributed by atoms with Gasteiger partial charge >= 0.3 is 0 Å². The molecule has 2 fully saturated rings. The summed E-state index contributed by atoms with van der Waals surface area (Å²) in [4.78, 5) is 41.4. The first-order valence-electron chi connectivity index (χ1n) is 15.7. The summed E-state index contributed by atoms with van der Waals surface area (Å²) < 4.78 is 18.9. The number of hydrogen-bond acceptors (Lipinski definition) is 14. The molecule has 2 aliphatic heterocycles. The minimum Gasteiger partial charge on any atom is -0.457 e. The molecule has 0 amide bonds. The number of benzene rings is 1. The van der Waals surface area contributed by atoms with Crippen LogP contribution in [-0.4, -0.2) is 95.0 Å². The summed E-state index contributed by atoms with van der Waals surface area (Å²) in [5.41, 5.74) is 2.24. The van der Waals surface area contributed by atoms with Crippen molar-refractivity contribution < 1.29 is 23.8 Å². The highest BCUT2D eigenvalue weighted by atomic mass is 16.6. The van der Waals surface area contributed by atoms with Crippen LogP contribution in [0.3, 0.4) is 0 Å². The fourth-order valence-electron chi connectivity index (χ4n) is 6.07. The second-order valence-corrected chi connectivity index (χ2v) is 11.4. The van der Waals surface area contributed by atoms with E-state index in [-0.39, 0.29) is 24.4 Å². The molecule has 0 bridgehead atoms. The molecule has 5 heterocycles. The Morgan fingerprint density at radius 1 is 1.07 bits per heavy atom. The van der Waals surface area contributed by atoms with E-state index >= 15 is 0 Å². The molecular weight excluding hydrogens is 594 g/mol. The number of imidazole rings is 1. The highest BCUT2D eigenvalue weighted by Crippen LogP contribution is 2.42. The molecule has 1 unspecified atom stereocenters. The molecule has 5 atom stereocenters. The zero-order valence-corrected chi connectivity index (χ0v) is 26.1. The standard InChI is InChI=1S/C30H39N11O5/c1-4-20(5-2)32-26-22-28(35-30(34-26)33-21-12-13-39(15-21)14-19-10-8-7-9-11-19)40(16-31-22)29-25(45-18-43)23(44-17-42)24(46-29)27-36-38-41(6-3)37-27/h7-11,16-18,20-21,23-25,29H,4-6,12-15H2,1-3H3,(H2,32,33,34,35)/t21?,23-,24-,25+,29+/m0/s1. The van der Waals surface area contributed by atoms with Crippen LogP contribution in [0, 0.1) is 0 Å². The molecule has 0 radical (unpaired) electrons. The highest BCUT2D eigenvalue weighted by molar-refractivity contribution is 5.84. The number of aryl methyl sites for hydroxylation is 1. The van der Waals surface area contributed by atoms with E-state index in [2.05, 4.69) is 74.0 Å². The van der Waals surface area contributed by atoms with Crippen LogP contribution in [0.1, 0.15) is 63.8 Å². The lowest BCUT2D eigenvalue weighted by Crippen LogP contribution is -2.34. The second-order valence-electron chi connectivity index (χ2n) is 11.4. The minimum absolute atomic E-state index is 0.134. The van der Waals surface area contributed by atoms with Gasteiger partial charge in [0, 0.05) is 31.7 Å². The van der Waals surface area contributed by atoms with Crippen LogP contribution in [0.2, 0.25) is 0 Å². The van der Waals surface area contributed by atoms with Gasteiger partial charge in [-0.05, 0) is 37.0 Å². The van der Waals surface area contributed by atoms with E-state index in [9.17, 15) is 9.59 Å². The van der Waals surface area contributed by atoms with Gasteiger partial charge in [-0.25, -0.2) is 4.98 Å². The van der Waals surface area contributed by atoms with Crippen molar-refractivity contribution in [2.45, 2.75) is 89.7 Å². The molecule has 2 N–H and O–H groups in total. The Bertz CT molecular complexity index is 1610. The molecule has 3 aromatic heterocycles. The number of hydrogen-bond donors (Lipinski definition) is 2. The van der Waals surface area contributed by atoms with Crippen molar-refractivity contribution in [1.29, 1.82) is 0 Å². The Kier molecular flexibility index (Phi) is 9.63. The van der Waals surface area contributed by atoms with Crippen LogP contribution >= 0.6 is 0 Å². The number of fused-ring (bicyclic) bond motifs is 1. The number of ether oxygens (including phenoxy) is 3. The molecule has 16 heteroatoms. The zero-order valence-electron chi connectivity index (χ0n) is 26.1. The lowest BCUT2D eigenvalue weighted by atomic mass is 10.1. The van der Waals surface area contributed by atoms with Gasteiger partial charge in [-0.3, -0.25) is 19.1 Å². The molecule has 16 nitrogen and oxygen atoms in total. The third kappa shape index (κ3) is 6.48. The Balaban J connectivity index is 1.33. The third-order valence-electron chi connectivity index (χ3n) is 8.50. The number of aromatic nitrogens is 8. The Morgan fingerprint density at radius 3 is 2.57 bits per heavy atom. The topological polar surface area (TPSA) is 176 Å². The van der Waals surface area contributed by atoms with Gasteiger partial charge in [-0.15, -0.1) is 10.2 Å². The third-order valence-corrected chi connectivity index (χ3v) is 8.50. The molecule has 4 aromatic rings. The molecule has 6 rings (SSSR count). The first kappa shape index (κ1) is 31.3. The van der Waals surface area contributed by atoms with E-state index in [1.165, 1.54) is 10.4 Å². The summed E-state index contributed by atoms with van der Waals surface area (Å²) in [7, 11) is 0. The van der Waals surface area contributed by atoms with Crippen molar-refractivity contribution in [1.82, 2.24) is 44.6 Å². The van der Waals surface area contributed by atoms with E-state index in [4.69, 9.17) is 24.2 Å². The fraction of sp³-hybridized carbons (Fsp3) is 0.533. The maximum atomic E-state index is 11.7. The average Bonchev–Trinajstić information content (AvgIpc) is 3.88. The number of likely N-dealkylation sites (tertiary alicyclic amines) is 1. The quantitative estimate of drug-likeness (QED) is 0.183. The molecule has 2 aliphatic rings. The lowest BCUT2D eigenvalue weighted by molar-refractivity contribution is -0.151. The van der Waals surface area contributed by atoms with Crippen molar-refractivity contribution in [2.24, 2.45) is 0 Å². The summed E-state index contributed by atoms with van der Waals surface area (Å²) in [6.45, 7) is 9.80. The number of nitrogens with one attached hydrogen (secondary N) is 2. The van der Waals surface area contributed by atoms with Crippen LogP contribution in [0.4, 0.5) is 11.8 Å².